The van der Waals surface area contributed by atoms with Crippen LogP contribution in [0.3, 0.4) is 0 Å². The molecule has 0 bridgehead atoms. The molecule has 82 valence electrons. The van der Waals surface area contributed by atoms with Gasteiger partial charge in [-0.25, -0.2) is 0 Å². The van der Waals surface area contributed by atoms with Crippen molar-refractivity contribution < 1.29 is 19.1 Å². The van der Waals surface area contributed by atoms with E-state index < -0.39 is 31.2 Å². The monoisotopic (exact) mass is 205 g/mol. The number of hydrogen-bond acceptors (Lipinski definition) is 2. The zero-order valence-corrected chi connectivity index (χ0v) is 8.56. The molecular formula is C12H22O2. The van der Waals surface area contributed by atoms with Crippen molar-refractivity contribution in [3.05, 3.63) is 0 Å². The summed E-state index contributed by atoms with van der Waals surface area (Å²) in [6.07, 6.45) is -7.39. The molecule has 0 saturated carbocycles. The minimum atomic E-state index is -3.05. The summed E-state index contributed by atoms with van der Waals surface area (Å²) in [5.74, 6) is -1.52. The Morgan fingerprint density at radius 1 is 1.50 bits per heavy atom. The van der Waals surface area contributed by atoms with E-state index in [1.54, 1.807) is 0 Å². The number of cyclic esters (lactones) is 1. The largest absolute Gasteiger partial charge is 0.462 e. The molecule has 1 unspecified atom stereocenters. The standard InChI is InChI=1S/C12H22O2/c1-2-3-4-5-6-7-8-11-9-10-12(13)14-11/h11H,2-10H2,1H3/i8D2,9D2,10D2,11D. The fourth-order valence-corrected chi connectivity index (χ4v) is 1.26. The van der Waals surface area contributed by atoms with Crippen molar-refractivity contribution in [2.45, 2.75) is 70.6 Å². The summed E-state index contributed by atoms with van der Waals surface area (Å²) in [5, 5.41) is 0. The SMILES string of the molecule is [2H]C([2H])(CCCCCCC)C1([2H])OC(=O)C([2H])([2H])C1([2H])[2H]. The van der Waals surface area contributed by atoms with Gasteiger partial charge in [-0.05, 0) is 19.2 Å². The Hall–Kier alpha value is -0.530. The molecule has 0 spiro atoms. The van der Waals surface area contributed by atoms with Crippen molar-refractivity contribution in [1.29, 1.82) is 0 Å². The van der Waals surface area contributed by atoms with E-state index in [-0.39, 0.29) is 6.42 Å². The number of esters is 1. The maximum absolute atomic E-state index is 11.5. The molecule has 0 amide bonds. The summed E-state index contributed by atoms with van der Waals surface area (Å²) in [6.45, 7) is 2.05. The molecule has 1 atom stereocenters. The summed E-state index contributed by atoms with van der Waals surface area (Å²) in [5.41, 5.74) is 0. The van der Waals surface area contributed by atoms with E-state index >= 15 is 0 Å². The molecule has 1 saturated heterocycles. The van der Waals surface area contributed by atoms with Crippen LogP contribution >= 0.6 is 0 Å². The number of unbranched alkanes of at least 4 members (excludes halogenated alkanes) is 4. The minimum absolute atomic E-state index is 0.150. The lowest BCUT2D eigenvalue weighted by atomic mass is 10.1. The van der Waals surface area contributed by atoms with Crippen LogP contribution in [0.15, 0.2) is 0 Å². The van der Waals surface area contributed by atoms with Gasteiger partial charge in [0.15, 0.2) is 0 Å². The number of carbonyl (C=O) groups is 1. The summed E-state index contributed by atoms with van der Waals surface area (Å²) in [6, 6.07) is 0. The molecule has 2 nitrogen and oxygen atoms in total. The fourth-order valence-electron chi connectivity index (χ4n) is 1.26. The molecule has 1 heterocycles. The van der Waals surface area contributed by atoms with Gasteiger partial charge in [0.2, 0.25) is 0 Å². The van der Waals surface area contributed by atoms with E-state index in [9.17, 15) is 4.79 Å². The van der Waals surface area contributed by atoms with Gasteiger partial charge in [0.05, 0.1) is 1.37 Å². The van der Waals surface area contributed by atoms with Crippen LogP contribution in [0.4, 0.5) is 0 Å². The van der Waals surface area contributed by atoms with Gasteiger partial charge < -0.3 is 4.74 Å². The summed E-state index contributed by atoms with van der Waals surface area (Å²) < 4.78 is 58.6. The summed E-state index contributed by atoms with van der Waals surface area (Å²) in [4.78, 5) is 11.5. The first-order valence-electron chi connectivity index (χ1n) is 8.67. The molecule has 1 rings (SSSR count). The molecule has 1 aliphatic heterocycles. The highest BCUT2D eigenvalue weighted by Crippen LogP contribution is 2.19. The first-order valence-corrected chi connectivity index (χ1v) is 5.17. The molecule has 1 aliphatic rings. The van der Waals surface area contributed by atoms with Crippen molar-refractivity contribution in [2.24, 2.45) is 0 Å². The van der Waals surface area contributed by atoms with Gasteiger partial charge >= 0.3 is 5.97 Å². The van der Waals surface area contributed by atoms with Crippen LogP contribution < -0.4 is 0 Å². The molecular weight excluding hydrogens is 176 g/mol. The lowest BCUT2D eigenvalue weighted by Gasteiger charge is -2.07. The third-order valence-corrected chi connectivity index (χ3v) is 2.04. The normalized spacial score (nSPS) is 42.1. The Morgan fingerprint density at radius 2 is 2.21 bits per heavy atom. The zero-order valence-electron chi connectivity index (χ0n) is 15.6. The van der Waals surface area contributed by atoms with Crippen molar-refractivity contribution in [3.63, 3.8) is 0 Å². The maximum Gasteiger partial charge on any atom is 0.306 e. The maximum atomic E-state index is 11.5. The highest BCUT2D eigenvalue weighted by molar-refractivity contribution is 5.71. The second-order valence-corrected chi connectivity index (χ2v) is 3.31. The Kier molecular flexibility index (Phi) is 2.45. The fraction of sp³-hybridized carbons (Fsp3) is 0.917. The Balaban J connectivity index is 2.84. The van der Waals surface area contributed by atoms with Gasteiger partial charge in [-0.2, -0.15) is 0 Å². The second kappa shape index (κ2) is 6.86. The zero-order chi connectivity index (χ0) is 16.5. The average Bonchev–Trinajstić information content (AvgIpc) is 2.48. The van der Waals surface area contributed by atoms with Crippen LogP contribution in [0.2, 0.25) is 0 Å². The van der Waals surface area contributed by atoms with Crippen molar-refractivity contribution in [1.82, 2.24) is 0 Å². The molecule has 0 aliphatic carbocycles. The first-order chi connectivity index (χ1) is 9.44. The molecule has 2 heteroatoms. The molecule has 0 aromatic heterocycles. The predicted octanol–water partition coefficient (Wildman–Crippen LogP) is 3.44. The van der Waals surface area contributed by atoms with Gasteiger partial charge in [0, 0.05) is 14.6 Å². The third-order valence-electron chi connectivity index (χ3n) is 2.04. The summed E-state index contributed by atoms with van der Waals surface area (Å²) in [7, 11) is 0. The minimum Gasteiger partial charge on any atom is -0.462 e. The van der Waals surface area contributed by atoms with Gasteiger partial charge in [0.25, 0.3) is 0 Å². The number of hydrogen-bond donors (Lipinski definition) is 0. The lowest BCUT2D eigenvalue weighted by molar-refractivity contribution is -0.141. The highest BCUT2D eigenvalue weighted by atomic mass is 16.5. The first kappa shape index (κ1) is 5.00. The van der Waals surface area contributed by atoms with Crippen LogP contribution in [-0.2, 0) is 9.53 Å². The lowest BCUT2D eigenvalue weighted by Crippen LogP contribution is -2.06. The average molecular weight is 205 g/mol. The van der Waals surface area contributed by atoms with Crippen LogP contribution in [0.1, 0.15) is 74.2 Å². The Bertz CT molecular complexity index is 397. The van der Waals surface area contributed by atoms with Gasteiger partial charge in [-0.1, -0.05) is 39.0 Å². The van der Waals surface area contributed by atoms with Gasteiger partial charge in [-0.15, -0.1) is 0 Å². The number of rotatable bonds is 7. The van der Waals surface area contributed by atoms with Crippen LogP contribution in [-0.4, -0.2) is 12.0 Å². The molecule has 14 heavy (non-hydrogen) atoms. The van der Waals surface area contributed by atoms with Gasteiger partial charge in [-0.3, -0.25) is 4.79 Å². The van der Waals surface area contributed by atoms with E-state index in [0.717, 1.165) is 25.7 Å². The van der Waals surface area contributed by atoms with E-state index in [1.807, 2.05) is 6.92 Å². The Morgan fingerprint density at radius 3 is 2.86 bits per heavy atom. The van der Waals surface area contributed by atoms with Crippen LogP contribution in [0, 0.1) is 0 Å². The van der Waals surface area contributed by atoms with Crippen molar-refractivity contribution >= 4 is 5.97 Å². The smallest absolute Gasteiger partial charge is 0.306 e. The van der Waals surface area contributed by atoms with Crippen LogP contribution in [0.25, 0.3) is 0 Å². The number of ether oxygens (including phenoxy) is 1. The van der Waals surface area contributed by atoms with E-state index in [2.05, 4.69) is 4.74 Å². The predicted molar refractivity (Wildman–Crippen MR) is 57.1 cm³/mol. The van der Waals surface area contributed by atoms with E-state index in [1.165, 1.54) is 0 Å². The van der Waals surface area contributed by atoms with E-state index in [4.69, 9.17) is 9.60 Å². The second-order valence-electron chi connectivity index (χ2n) is 3.31. The molecule has 0 aromatic carbocycles. The van der Waals surface area contributed by atoms with Crippen molar-refractivity contribution in [3.8, 4) is 0 Å². The molecule has 1 fully saturated rings. The highest BCUT2D eigenvalue weighted by Gasteiger charge is 2.22. The quantitative estimate of drug-likeness (QED) is 0.470. The van der Waals surface area contributed by atoms with Crippen molar-refractivity contribution in [2.75, 3.05) is 0 Å². The molecule has 0 radical (unpaired) electrons. The summed E-state index contributed by atoms with van der Waals surface area (Å²) >= 11 is 0. The van der Waals surface area contributed by atoms with Gasteiger partial charge in [0.1, 0.15) is 6.08 Å². The van der Waals surface area contributed by atoms with E-state index in [0.29, 0.717) is 6.42 Å². The number of carbonyl (C=O) groups excluding carboxylic acids is 1. The Labute approximate surface area is 96.9 Å². The topological polar surface area (TPSA) is 26.3 Å². The third kappa shape index (κ3) is 4.64. The van der Waals surface area contributed by atoms with Crippen LogP contribution in [0.5, 0.6) is 0 Å². The molecule has 0 N–H and O–H groups in total. The molecule has 0 aromatic rings.